The van der Waals surface area contributed by atoms with Crippen LogP contribution in [0.25, 0.3) is 0 Å². The van der Waals surface area contributed by atoms with E-state index in [1.54, 1.807) is 22.9 Å². The highest BCUT2D eigenvalue weighted by Crippen LogP contribution is 2.60. The first kappa shape index (κ1) is 36.8. The Morgan fingerprint density at radius 2 is 1.62 bits per heavy atom. The molecule has 5 bridgehead atoms. The highest BCUT2D eigenvalue weighted by atomic mass is 79.9. The molecule has 1 N–H and O–H groups in total. The number of anilines is 1. The van der Waals surface area contributed by atoms with Crippen molar-refractivity contribution in [3.63, 3.8) is 0 Å². The number of aliphatic hydroxyl groups is 1. The molecule has 0 aliphatic carbocycles. The molecule has 8 atom stereocenters. The highest BCUT2D eigenvalue weighted by Gasteiger charge is 2.75. The molecule has 3 aromatic rings. The number of ether oxygens (including phenoxy) is 2. The fourth-order valence-electron chi connectivity index (χ4n) is 8.44. The van der Waals surface area contributed by atoms with Gasteiger partial charge in [0.1, 0.15) is 29.8 Å². The zero-order valence-electron chi connectivity index (χ0n) is 30.2. The quantitative estimate of drug-likeness (QED) is 0.260. The second-order valence-corrected chi connectivity index (χ2v) is 15.4. The zero-order valence-corrected chi connectivity index (χ0v) is 31.8. The molecule has 4 heterocycles. The van der Waals surface area contributed by atoms with E-state index in [1.807, 2.05) is 112 Å². The second kappa shape index (κ2) is 14.7. The molecule has 276 valence electrons. The van der Waals surface area contributed by atoms with Crippen molar-refractivity contribution >= 4 is 45.3 Å². The van der Waals surface area contributed by atoms with Crippen LogP contribution in [0.2, 0.25) is 0 Å². The van der Waals surface area contributed by atoms with Crippen LogP contribution in [0, 0.1) is 25.7 Å². The van der Waals surface area contributed by atoms with Crippen molar-refractivity contribution < 1.29 is 33.8 Å². The number of likely N-dealkylation sites (tertiary alicyclic amines) is 1. The molecule has 2 fully saturated rings. The maximum atomic E-state index is 15.5. The van der Waals surface area contributed by atoms with Gasteiger partial charge in [0.05, 0.1) is 24.6 Å². The first-order chi connectivity index (χ1) is 25.5. The summed E-state index contributed by atoms with van der Waals surface area (Å²) in [6.07, 6.45) is 4.40. The lowest BCUT2D eigenvalue weighted by Crippen LogP contribution is -2.57. The molecule has 1 spiro atoms. The molecule has 4 aliphatic rings. The van der Waals surface area contributed by atoms with Crippen LogP contribution in [0.15, 0.2) is 102 Å². The number of carbonyl (C=O) groups excluding carboxylic acids is 4. The van der Waals surface area contributed by atoms with Crippen molar-refractivity contribution in [3.8, 4) is 0 Å². The molecule has 0 radical (unpaired) electrons. The lowest BCUT2D eigenvalue weighted by atomic mass is 9.74. The molecule has 0 aromatic heterocycles. The summed E-state index contributed by atoms with van der Waals surface area (Å²) in [6.45, 7) is 5.39. The summed E-state index contributed by atoms with van der Waals surface area (Å²) >= 11 is 3.65. The van der Waals surface area contributed by atoms with Crippen LogP contribution in [0.5, 0.6) is 0 Å². The predicted molar refractivity (Wildman–Crippen MR) is 203 cm³/mol. The Balaban J connectivity index is 1.41. The van der Waals surface area contributed by atoms with Gasteiger partial charge in [0.25, 0.3) is 5.91 Å². The van der Waals surface area contributed by atoms with Gasteiger partial charge in [-0.05, 0) is 61.6 Å². The summed E-state index contributed by atoms with van der Waals surface area (Å²) in [4.78, 5) is 63.5. The molecule has 11 heteroatoms. The number of halogens is 1. The Hall–Kier alpha value is -4.58. The number of cyclic esters (lactones) is 1. The molecule has 3 aromatic carbocycles. The van der Waals surface area contributed by atoms with Crippen LogP contribution in [-0.4, -0.2) is 82.6 Å². The number of benzene rings is 3. The third kappa shape index (κ3) is 6.32. The number of carbonyl (C=O) groups is 4. The van der Waals surface area contributed by atoms with Gasteiger partial charge in [0.15, 0.2) is 0 Å². The minimum atomic E-state index is -1.56. The molecule has 10 nitrogen and oxygen atoms in total. The first-order valence-corrected chi connectivity index (χ1v) is 18.9. The van der Waals surface area contributed by atoms with Crippen molar-refractivity contribution in [1.82, 2.24) is 9.80 Å². The number of allylic oxidation sites excluding steroid dienone is 1. The fraction of sp³-hybridized carbons (Fsp3) is 0.381. The van der Waals surface area contributed by atoms with E-state index < -0.39 is 72.2 Å². The van der Waals surface area contributed by atoms with Crippen LogP contribution in [0.1, 0.15) is 54.2 Å². The molecule has 0 unspecified atom stereocenters. The smallest absolute Gasteiger partial charge is 0.313 e. The van der Waals surface area contributed by atoms with E-state index in [0.717, 1.165) is 11.1 Å². The van der Waals surface area contributed by atoms with Crippen molar-refractivity contribution in [2.75, 3.05) is 25.1 Å². The summed E-state index contributed by atoms with van der Waals surface area (Å²) in [5.41, 5.74) is 2.23. The average molecular weight is 783 g/mol. The standard InChI is InChI=1S/C42H44BrN3O7/c1-25-19-20-26(2)31(22-25)45-21-13-7-12-18-33(48)44(4)27(3)36(29-16-10-6-11-17-29)52-41(51)34-35-39(49)46(32(24-47)28-14-8-5-9-15-28)38(40(45)50)42(35)23-30(43)37(34)53-42/h5-11,13-17,19-20,22-23,27,32,34-38,47H,12,18,21,24H2,1-4H3/b13-7-/t27-,32+,34+,35-,36+,37+,38+,42-/m0/s1. The molecular formula is C42H44BrN3O7. The van der Waals surface area contributed by atoms with Crippen LogP contribution in [-0.2, 0) is 28.7 Å². The van der Waals surface area contributed by atoms with Gasteiger partial charge >= 0.3 is 5.97 Å². The molecular weight excluding hydrogens is 738 g/mol. The Morgan fingerprint density at radius 3 is 2.32 bits per heavy atom. The maximum Gasteiger partial charge on any atom is 0.313 e. The Bertz CT molecular complexity index is 1970. The van der Waals surface area contributed by atoms with Gasteiger partial charge in [0, 0.05) is 30.2 Å². The minimum absolute atomic E-state index is 0.125. The molecule has 53 heavy (non-hydrogen) atoms. The number of aryl methyl sites for hydroxylation is 2. The van der Waals surface area contributed by atoms with Crippen LogP contribution in [0.4, 0.5) is 5.69 Å². The number of rotatable bonds is 5. The van der Waals surface area contributed by atoms with Gasteiger partial charge in [-0.2, -0.15) is 0 Å². The van der Waals surface area contributed by atoms with Gasteiger partial charge in [-0.15, -0.1) is 0 Å². The maximum absolute atomic E-state index is 15.5. The van der Waals surface area contributed by atoms with Crippen molar-refractivity contribution in [2.24, 2.45) is 11.8 Å². The van der Waals surface area contributed by atoms with E-state index in [2.05, 4.69) is 15.9 Å². The van der Waals surface area contributed by atoms with Gasteiger partial charge in [-0.25, -0.2) is 0 Å². The second-order valence-electron chi connectivity index (χ2n) is 14.4. The molecule has 2 saturated heterocycles. The molecule has 0 saturated carbocycles. The summed E-state index contributed by atoms with van der Waals surface area (Å²) in [6, 6.07) is 21.5. The normalized spacial score (nSPS) is 30.3. The van der Waals surface area contributed by atoms with Crippen LogP contribution in [0.3, 0.4) is 0 Å². The summed E-state index contributed by atoms with van der Waals surface area (Å²) in [7, 11) is 1.70. The lowest BCUT2D eigenvalue weighted by Gasteiger charge is -2.39. The SMILES string of the molecule is Cc1ccc(C)c(N2C/C=C\CCC(=O)N(C)[C@@H](C)[C@H](c3ccccc3)OC(=O)[C@H]3[C@@H]4O[C@@]5(C=C4Br)[C@@H]3C(=O)N([C@H](CO)c3ccccc3)[C@@H]5C2=O)c1. The Labute approximate surface area is 318 Å². The van der Waals surface area contributed by atoms with E-state index in [9.17, 15) is 14.7 Å². The van der Waals surface area contributed by atoms with E-state index in [0.29, 0.717) is 27.7 Å². The summed E-state index contributed by atoms with van der Waals surface area (Å²) < 4.78 is 13.7. The Kier molecular flexibility index (Phi) is 10.2. The van der Waals surface area contributed by atoms with Crippen LogP contribution >= 0.6 is 15.9 Å². The van der Waals surface area contributed by atoms with Crippen LogP contribution < -0.4 is 4.90 Å². The summed E-state index contributed by atoms with van der Waals surface area (Å²) in [5, 5.41) is 11.0. The Morgan fingerprint density at radius 1 is 0.925 bits per heavy atom. The van der Waals surface area contributed by atoms with E-state index >= 15 is 9.59 Å². The average Bonchev–Trinajstić information content (AvgIpc) is 3.76. The fourth-order valence-corrected chi connectivity index (χ4v) is 9.17. The van der Waals surface area contributed by atoms with Crippen molar-refractivity contribution in [2.45, 2.75) is 69.5 Å². The third-order valence-electron chi connectivity index (χ3n) is 11.3. The number of aliphatic hydroxyl groups excluding tert-OH is 1. The number of nitrogens with zero attached hydrogens (tertiary/aromatic N) is 3. The van der Waals surface area contributed by atoms with Gasteiger partial charge < -0.3 is 29.3 Å². The largest absolute Gasteiger partial charge is 0.455 e. The lowest BCUT2D eigenvalue weighted by molar-refractivity contribution is -0.164. The van der Waals surface area contributed by atoms with E-state index in [-0.39, 0.29) is 18.9 Å². The molecule has 3 amide bonds. The van der Waals surface area contributed by atoms with Crippen molar-refractivity contribution in [1.29, 1.82) is 0 Å². The number of likely N-dealkylation sites (N-methyl/N-ethyl adjacent to an activating group) is 1. The minimum Gasteiger partial charge on any atom is -0.455 e. The summed E-state index contributed by atoms with van der Waals surface area (Å²) in [5.74, 6) is -3.96. The molecule has 7 rings (SSSR count). The molecule has 4 aliphatic heterocycles. The highest BCUT2D eigenvalue weighted by molar-refractivity contribution is 9.11. The number of amides is 3. The van der Waals surface area contributed by atoms with Gasteiger partial charge in [-0.1, -0.05) is 101 Å². The van der Waals surface area contributed by atoms with E-state index in [4.69, 9.17) is 9.47 Å². The number of hydrogen-bond acceptors (Lipinski definition) is 7. The first-order valence-electron chi connectivity index (χ1n) is 18.1. The van der Waals surface area contributed by atoms with Gasteiger partial charge in [-0.3, -0.25) is 19.2 Å². The van der Waals surface area contributed by atoms with Crippen molar-refractivity contribution in [3.05, 3.63) is 124 Å². The zero-order chi connectivity index (χ0) is 37.6. The number of hydrogen-bond donors (Lipinski definition) is 1. The van der Waals surface area contributed by atoms with Gasteiger partial charge in [0.2, 0.25) is 11.8 Å². The van der Waals surface area contributed by atoms with E-state index in [1.165, 1.54) is 4.90 Å². The third-order valence-corrected chi connectivity index (χ3v) is 12.0. The predicted octanol–water partition coefficient (Wildman–Crippen LogP) is 5.72. The topological polar surface area (TPSA) is 117 Å². The number of fused-ring (bicyclic) bond motifs is 2. The number of esters is 1. The monoisotopic (exact) mass is 781 g/mol.